The predicted molar refractivity (Wildman–Crippen MR) is 119 cm³/mol. The average molecular weight is 489 g/mol. The molecule has 11 nitrogen and oxygen atoms in total. The fraction of sp³-hybridized carbons (Fsp3) is 0.238. The molecule has 0 bridgehead atoms. The monoisotopic (exact) mass is 488 g/mol. The molecule has 2 aromatic carbocycles. The molecule has 2 aromatic heterocycles. The average Bonchev–Trinajstić information content (AvgIpc) is 3.47. The molecule has 0 aliphatic heterocycles. The summed E-state index contributed by atoms with van der Waals surface area (Å²) in [5.74, 6) is -0.764. The summed E-state index contributed by atoms with van der Waals surface area (Å²) in [4.78, 5) is 13.2. The maximum absolute atomic E-state index is 14.6. The number of benzene rings is 2. The zero-order valence-corrected chi connectivity index (χ0v) is 19.0. The van der Waals surface area contributed by atoms with Gasteiger partial charge in [0.1, 0.15) is 24.4 Å². The van der Waals surface area contributed by atoms with Crippen LogP contribution >= 0.6 is 0 Å². The minimum atomic E-state index is -3.96. The van der Waals surface area contributed by atoms with Crippen molar-refractivity contribution in [3.8, 4) is 11.4 Å². The Kier molecular flexibility index (Phi) is 6.17. The molecule has 2 heterocycles. The molecule has 0 saturated carbocycles. The van der Waals surface area contributed by atoms with E-state index in [1.807, 2.05) is 0 Å². The molecule has 4 aromatic rings. The van der Waals surface area contributed by atoms with Crippen molar-refractivity contribution < 1.29 is 22.1 Å². The van der Waals surface area contributed by atoms with Gasteiger partial charge in [0, 0.05) is 18.0 Å². The third-order valence-corrected chi connectivity index (χ3v) is 6.03. The van der Waals surface area contributed by atoms with Crippen molar-refractivity contribution in [2.75, 3.05) is 12.9 Å². The topological polar surface area (TPSA) is 134 Å². The van der Waals surface area contributed by atoms with E-state index in [9.17, 15) is 22.7 Å². The fourth-order valence-corrected chi connectivity index (χ4v) is 3.98. The van der Waals surface area contributed by atoms with Crippen LogP contribution < -0.4 is 5.69 Å². The molecule has 0 spiro atoms. The second-order valence-corrected chi connectivity index (χ2v) is 9.32. The summed E-state index contributed by atoms with van der Waals surface area (Å²) in [6, 6.07) is 11.1. The largest absolute Gasteiger partial charge is 0.380 e. The Balaban J connectivity index is 1.71. The second kappa shape index (κ2) is 8.93. The summed E-state index contributed by atoms with van der Waals surface area (Å²) in [5, 5.41) is 22.4. The fourth-order valence-electron chi connectivity index (χ4n) is 3.59. The third-order valence-electron chi connectivity index (χ3n) is 5.49. The number of halogens is 1. The molecular weight excluding hydrogens is 467 g/mol. The van der Waals surface area contributed by atoms with Crippen LogP contribution in [-0.2, 0) is 19.9 Å². The Hall–Kier alpha value is -3.68. The second-order valence-electron chi connectivity index (χ2n) is 7.68. The van der Waals surface area contributed by atoms with Gasteiger partial charge in [-0.15, -0.1) is 5.10 Å². The van der Waals surface area contributed by atoms with Gasteiger partial charge in [-0.05, 0) is 47.7 Å². The Morgan fingerprint density at radius 2 is 1.79 bits per heavy atom. The molecule has 2 atom stereocenters. The van der Waals surface area contributed by atoms with Crippen molar-refractivity contribution >= 4 is 10.1 Å². The maximum Gasteiger partial charge on any atom is 0.333 e. The van der Waals surface area contributed by atoms with Gasteiger partial charge >= 0.3 is 5.69 Å². The van der Waals surface area contributed by atoms with Crippen molar-refractivity contribution in [3.05, 3.63) is 89.1 Å². The number of hydrogen-bond donors (Lipinski definition) is 1. The highest BCUT2D eigenvalue weighted by atomic mass is 32.2. The van der Waals surface area contributed by atoms with Gasteiger partial charge in [0.15, 0.2) is 0 Å². The van der Waals surface area contributed by atoms with Crippen LogP contribution in [0.4, 0.5) is 4.39 Å². The van der Waals surface area contributed by atoms with Crippen LogP contribution in [0.15, 0.2) is 72.0 Å². The van der Waals surface area contributed by atoms with Crippen LogP contribution in [0.1, 0.15) is 18.5 Å². The number of aliphatic hydroxyl groups is 1. The summed E-state index contributed by atoms with van der Waals surface area (Å²) < 4.78 is 46.7. The minimum absolute atomic E-state index is 0.198. The molecule has 0 saturated heterocycles. The van der Waals surface area contributed by atoms with E-state index in [1.54, 1.807) is 24.3 Å². The van der Waals surface area contributed by atoms with Gasteiger partial charge in [0.25, 0.3) is 10.1 Å². The first kappa shape index (κ1) is 23.5. The molecule has 4 rings (SSSR count). The van der Waals surface area contributed by atoms with Gasteiger partial charge in [0.2, 0.25) is 0 Å². The SMILES string of the molecule is C[C@@H](n1ccn(-c2ccc(-n3cnnn3)cc2)c1=O)[C@@](O)(COS(C)(=O)=O)c1ccccc1F. The van der Waals surface area contributed by atoms with Gasteiger partial charge in [-0.3, -0.25) is 13.3 Å². The van der Waals surface area contributed by atoms with Crippen LogP contribution in [0.5, 0.6) is 0 Å². The first-order valence-electron chi connectivity index (χ1n) is 10.1. The number of aromatic nitrogens is 6. The summed E-state index contributed by atoms with van der Waals surface area (Å²) in [6.45, 7) is 0.691. The quantitative estimate of drug-likeness (QED) is 0.366. The van der Waals surface area contributed by atoms with E-state index in [1.165, 1.54) is 57.7 Å². The zero-order chi connectivity index (χ0) is 24.5. The molecular formula is C21H21FN6O5S. The van der Waals surface area contributed by atoms with Crippen LogP contribution in [0, 0.1) is 5.82 Å². The number of hydrogen-bond acceptors (Lipinski definition) is 8. The Morgan fingerprint density at radius 1 is 1.12 bits per heavy atom. The normalized spacial score (nSPS) is 14.6. The molecule has 0 unspecified atom stereocenters. The first-order chi connectivity index (χ1) is 16.1. The van der Waals surface area contributed by atoms with Crippen LogP contribution in [0.2, 0.25) is 0 Å². The highest BCUT2D eigenvalue weighted by molar-refractivity contribution is 7.85. The standard InChI is InChI=1S/C21H21FN6O5S/c1-15(21(30,13-33-34(2,31)32)18-5-3-4-6-19(18)22)26-11-12-27(20(26)29)16-7-9-17(10-8-16)28-14-23-24-25-28/h3-12,14-15,30H,13H2,1-2H3/t15-,21+/m1/s1. The van der Waals surface area contributed by atoms with Crippen molar-refractivity contribution in [2.45, 2.75) is 18.6 Å². The smallest absolute Gasteiger partial charge is 0.333 e. The van der Waals surface area contributed by atoms with Crippen LogP contribution in [0.3, 0.4) is 0 Å². The number of imidazole rings is 1. The Bertz CT molecular complexity index is 1450. The molecule has 0 radical (unpaired) electrons. The molecule has 13 heteroatoms. The van der Waals surface area contributed by atoms with Gasteiger partial charge in [0.05, 0.1) is 23.7 Å². The number of tetrazole rings is 1. The highest BCUT2D eigenvalue weighted by Crippen LogP contribution is 2.35. The lowest BCUT2D eigenvalue weighted by molar-refractivity contribution is -0.0506. The van der Waals surface area contributed by atoms with E-state index in [0.717, 1.165) is 12.3 Å². The van der Waals surface area contributed by atoms with E-state index >= 15 is 0 Å². The predicted octanol–water partition coefficient (Wildman–Crippen LogP) is 1.18. The zero-order valence-electron chi connectivity index (χ0n) is 18.2. The molecule has 0 amide bonds. The molecule has 1 N–H and O–H groups in total. The van der Waals surface area contributed by atoms with E-state index in [0.29, 0.717) is 11.4 Å². The molecule has 34 heavy (non-hydrogen) atoms. The van der Waals surface area contributed by atoms with Gasteiger partial charge in [-0.25, -0.2) is 13.9 Å². The lowest BCUT2D eigenvalue weighted by atomic mass is 9.87. The minimum Gasteiger partial charge on any atom is -0.380 e. The van der Waals surface area contributed by atoms with Crippen molar-refractivity contribution in [2.24, 2.45) is 0 Å². The van der Waals surface area contributed by atoms with Gasteiger partial charge in [-0.1, -0.05) is 18.2 Å². The number of nitrogens with zero attached hydrogens (tertiary/aromatic N) is 6. The van der Waals surface area contributed by atoms with Crippen molar-refractivity contribution in [1.29, 1.82) is 0 Å². The summed E-state index contributed by atoms with van der Waals surface area (Å²) in [5.41, 5.74) is -1.70. The maximum atomic E-state index is 14.6. The lowest BCUT2D eigenvalue weighted by Crippen LogP contribution is -2.44. The van der Waals surface area contributed by atoms with E-state index in [2.05, 4.69) is 15.5 Å². The Labute approximate surface area is 193 Å². The molecule has 178 valence electrons. The third kappa shape index (κ3) is 4.53. The van der Waals surface area contributed by atoms with Gasteiger partial charge < -0.3 is 5.11 Å². The molecule has 0 aliphatic rings. The van der Waals surface area contributed by atoms with E-state index in [4.69, 9.17) is 4.18 Å². The lowest BCUT2D eigenvalue weighted by Gasteiger charge is -2.34. The highest BCUT2D eigenvalue weighted by Gasteiger charge is 2.41. The summed E-state index contributed by atoms with van der Waals surface area (Å²) >= 11 is 0. The molecule has 0 fully saturated rings. The number of rotatable bonds is 8. The van der Waals surface area contributed by atoms with E-state index < -0.39 is 39.9 Å². The molecule has 0 aliphatic carbocycles. The van der Waals surface area contributed by atoms with Crippen LogP contribution in [-0.4, -0.2) is 55.7 Å². The van der Waals surface area contributed by atoms with E-state index in [-0.39, 0.29) is 5.56 Å². The summed E-state index contributed by atoms with van der Waals surface area (Å²) in [7, 11) is -3.96. The van der Waals surface area contributed by atoms with Crippen LogP contribution in [0.25, 0.3) is 11.4 Å². The van der Waals surface area contributed by atoms with Crippen molar-refractivity contribution in [1.82, 2.24) is 29.3 Å². The Morgan fingerprint density at radius 3 is 2.41 bits per heavy atom. The summed E-state index contributed by atoms with van der Waals surface area (Å²) in [6.07, 6.45) is 5.17. The van der Waals surface area contributed by atoms with Gasteiger partial charge in [-0.2, -0.15) is 8.42 Å². The first-order valence-corrected chi connectivity index (χ1v) is 11.9. The van der Waals surface area contributed by atoms with Crippen molar-refractivity contribution in [3.63, 3.8) is 0 Å².